The summed E-state index contributed by atoms with van der Waals surface area (Å²) < 4.78 is 12.8. The minimum atomic E-state index is -0.0929. The first-order valence-electron chi connectivity index (χ1n) is 8.63. The highest BCUT2D eigenvalue weighted by molar-refractivity contribution is 6.01. The van der Waals surface area contributed by atoms with Crippen LogP contribution in [-0.2, 0) is 0 Å². The fourth-order valence-corrected chi connectivity index (χ4v) is 3.67. The van der Waals surface area contributed by atoms with Gasteiger partial charge >= 0.3 is 0 Å². The van der Waals surface area contributed by atoms with E-state index >= 15 is 0 Å². The molecule has 0 spiro atoms. The predicted molar refractivity (Wildman–Crippen MR) is 101 cm³/mol. The molecule has 5 heteroatoms. The number of nitrogens with zero attached hydrogens (tertiary/aromatic N) is 2. The van der Waals surface area contributed by atoms with Crippen molar-refractivity contribution >= 4 is 5.78 Å². The first kappa shape index (κ1) is 16.9. The number of Topliss-reactive ketones (excluding diaryl/α,β-unsaturated/α-hetero) is 1. The molecule has 134 valence electrons. The molecule has 0 aliphatic carbocycles. The molecule has 27 heavy (non-hydrogen) atoms. The molecule has 1 atom stereocenters. The van der Waals surface area contributed by atoms with Gasteiger partial charge in [0.2, 0.25) is 0 Å². The predicted octanol–water partition coefficient (Wildman–Crippen LogP) is 4.08. The number of fused-ring (bicyclic) bond motifs is 3. The zero-order valence-electron chi connectivity index (χ0n) is 15.1. The lowest BCUT2D eigenvalue weighted by atomic mass is 9.89. The number of methoxy groups -OCH3 is 2. The molecule has 0 saturated heterocycles. The van der Waals surface area contributed by atoms with Crippen LogP contribution in [0.2, 0.25) is 0 Å². The van der Waals surface area contributed by atoms with Crippen LogP contribution in [0.1, 0.15) is 39.5 Å². The van der Waals surface area contributed by atoms with E-state index in [1.165, 1.54) is 0 Å². The van der Waals surface area contributed by atoms with E-state index in [9.17, 15) is 4.79 Å². The molecular weight excluding hydrogens is 340 g/mol. The van der Waals surface area contributed by atoms with Crippen LogP contribution >= 0.6 is 0 Å². The average molecular weight is 358 g/mol. The van der Waals surface area contributed by atoms with Gasteiger partial charge in [-0.15, -0.1) is 0 Å². The summed E-state index contributed by atoms with van der Waals surface area (Å²) >= 11 is 0. The first-order chi connectivity index (χ1) is 13.2. The second-order valence-electron chi connectivity index (χ2n) is 6.44. The van der Waals surface area contributed by atoms with Gasteiger partial charge < -0.3 is 14.0 Å². The number of carbonyl (C=O) groups is 1. The summed E-state index contributed by atoms with van der Waals surface area (Å²) in [5.74, 6) is 1.07. The summed E-state index contributed by atoms with van der Waals surface area (Å²) in [5, 5.41) is 9.04. The van der Waals surface area contributed by atoms with Crippen molar-refractivity contribution < 1.29 is 14.3 Å². The molecule has 2 heterocycles. The van der Waals surface area contributed by atoms with Gasteiger partial charge in [0.1, 0.15) is 0 Å². The Morgan fingerprint density at radius 1 is 1.07 bits per heavy atom. The molecule has 1 aliphatic heterocycles. The van der Waals surface area contributed by atoms with Gasteiger partial charge in [-0.25, -0.2) is 0 Å². The highest BCUT2D eigenvalue weighted by Crippen LogP contribution is 2.40. The van der Waals surface area contributed by atoms with Crippen LogP contribution in [0, 0.1) is 11.3 Å². The molecule has 2 aromatic carbocycles. The number of ether oxygens (including phenoxy) is 2. The van der Waals surface area contributed by atoms with E-state index < -0.39 is 0 Å². The van der Waals surface area contributed by atoms with Crippen LogP contribution in [0.5, 0.6) is 11.5 Å². The van der Waals surface area contributed by atoms with Crippen LogP contribution in [0.25, 0.3) is 5.69 Å². The summed E-state index contributed by atoms with van der Waals surface area (Å²) in [5.41, 5.74) is 4.04. The quantitative estimate of drug-likeness (QED) is 0.707. The molecule has 1 aliphatic rings. The summed E-state index contributed by atoms with van der Waals surface area (Å²) in [4.78, 5) is 13.1. The van der Waals surface area contributed by atoms with Crippen molar-refractivity contribution in [3.8, 4) is 23.3 Å². The first-order valence-corrected chi connectivity index (χ1v) is 8.63. The van der Waals surface area contributed by atoms with Crippen LogP contribution in [0.3, 0.4) is 0 Å². The van der Waals surface area contributed by atoms with Crippen LogP contribution in [-0.4, -0.2) is 24.6 Å². The summed E-state index contributed by atoms with van der Waals surface area (Å²) in [6.45, 7) is 0. The lowest BCUT2D eigenvalue weighted by Gasteiger charge is -2.17. The van der Waals surface area contributed by atoms with E-state index in [0.29, 0.717) is 29.0 Å². The SMILES string of the molecule is COc1cc2c(cc1OC)-n1cccc1C(c1ccc(C#N)cc1)CC2=O. The Morgan fingerprint density at radius 3 is 2.44 bits per heavy atom. The third-order valence-corrected chi connectivity index (χ3v) is 5.03. The normalized spacial score (nSPS) is 15.3. The van der Waals surface area contributed by atoms with Crippen molar-refractivity contribution in [2.75, 3.05) is 14.2 Å². The number of carbonyl (C=O) groups excluding carboxylic acids is 1. The van der Waals surface area contributed by atoms with E-state index in [0.717, 1.165) is 16.9 Å². The number of rotatable bonds is 3. The molecule has 3 aromatic rings. The standard InChI is InChI=1S/C22H18N2O3/c1-26-21-11-17-19(12-22(21)27-2)24-9-3-4-18(24)16(10-20(17)25)15-7-5-14(13-23)6-8-15/h3-9,11-12,16H,10H2,1-2H3. The number of hydrogen-bond donors (Lipinski definition) is 0. The van der Waals surface area contributed by atoms with Crippen molar-refractivity contribution in [3.63, 3.8) is 0 Å². The van der Waals surface area contributed by atoms with Crippen LogP contribution in [0.15, 0.2) is 54.7 Å². The zero-order chi connectivity index (χ0) is 19.0. The maximum atomic E-state index is 13.1. The Hall–Kier alpha value is -3.52. The van der Waals surface area contributed by atoms with Gasteiger partial charge in [-0.1, -0.05) is 12.1 Å². The van der Waals surface area contributed by atoms with Gasteiger partial charge in [0.15, 0.2) is 17.3 Å². The Labute approximate surface area is 157 Å². The van der Waals surface area contributed by atoms with Crippen molar-refractivity contribution in [1.29, 1.82) is 5.26 Å². The van der Waals surface area contributed by atoms with Gasteiger partial charge in [0.05, 0.1) is 31.5 Å². The number of aromatic nitrogens is 1. The molecule has 1 aromatic heterocycles. The average Bonchev–Trinajstić information content (AvgIpc) is 3.16. The minimum absolute atomic E-state index is 0.0454. The second kappa shape index (κ2) is 6.65. The van der Waals surface area contributed by atoms with Gasteiger partial charge in [-0.3, -0.25) is 4.79 Å². The number of hydrogen-bond acceptors (Lipinski definition) is 4. The van der Waals surface area contributed by atoms with Gasteiger partial charge in [-0.2, -0.15) is 5.26 Å². The van der Waals surface area contributed by atoms with E-state index in [2.05, 4.69) is 6.07 Å². The third kappa shape index (κ3) is 2.76. The highest BCUT2D eigenvalue weighted by Gasteiger charge is 2.29. The molecule has 0 saturated carbocycles. The number of ketones is 1. The summed E-state index contributed by atoms with van der Waals surface area (Å²) in [6.07, 6.45) is 2.30. The number of benzene rings is 2. The molecule has 0 fully saturated rings. The Morgan fingerprint density at radius 2 is 1.78 bits per heavy atom. The van der Waals surface area contributed by atoms with E-state index in [-0.39, 0.29) is 11.7 Å². The monoisotopic (exact) mass is 358 g/mol. The minimum Gasteiger partial charge on any atom is -0.493 e. The van der Waals surface area contributed by atoms with Gasteiger partial charge in [0.25, 0.3) is 0 Å². The summed E-state index contributed by atoms with van der Waals surface area (Å²) in [6, 6.07) is 17.2. The Bertz CT molecular complexity index is 1060. The Kier molecular flexibility index (Phi) is 4.17. The molecule has 5 nitrogen and oxygen atoms in total. The van der Waals surface area contributed by atoms with Crippen molar-refractivity contribution in [3.05, 3.63) is 77.1 Å². The van der Waals surface area contributed by atoms with Crippen LogP contribution in [0.4, 0.5) is 0 Å². The largest absolute Gasteiger partial charge is 0.493 e. The van der Waals surface area contributed by atoms with E-state index in [4.69, 9.17) is 14.7 Å². The smallest absolute Gasteiger partial charge is 0.166 e. The topological polar surface area (TPSA) is 64.2 Å². The maximum Gasteiger partial charge on any atom is 0.166 e. The molecule has 0 amide bonds. The third-order valence-electron chi connectivity index (χ3n) is 5.03. The molecule has 0 bridgehead atoms. The molecule has 1 unspecified atom stereocenters. The molecular formula is C22H18N2O3. The lowest BCUT2D eigenvalue weighted by Crippen LogP contribution is -2.07. The molecule has 0 N–H and O–H groups in total. The molecule has 0 radical (unpaired) electrons. The van der Waals surface area contributed by atoms with Gasteiger partial charge in [-0.05, 0) is 35.9 Å². The van der Waals surface area contributed by atoms with Crippen LogP contribution < -0.4 is 9.47 Å². The maximum absolute atomic E-state index is 13.1. The fraction of sp³-hybridized carbons (Fsp3) is 0.182. The van der Waals surface area contributed by atoms with Crippen molar-refractivity contribution in [1.82, 2.24) is 4.57 Å². The number of nitriles is 1. The van der Waals surface area contributed by atoms with E-state index in [1.807, 2.05) is 41.1 Å². The van der Waals surface area contributed by atoms with Crippen molar-refractivity contribution in [2.24, 2.45) is 0 Å². The van der Waals surface area contributed by atoms with Gasteiger partial charge in [0, 0.05) is 35.9 Å². The molecule has 4 rings (SSSR count). The Balaban J connectivity index is 1.89. The highest BCUT2D eigenvalue weighted by atomic mass is 16.5. The van der Waals surface area contributed by atoms with E-state index in [1.54, 1.807) is 32.4 Å². The summed E-state index contributed by atoms with van der Waals surface area (Å²) in [7, 11) is 3.14. The van der Waals surface area contributed by atoms with Crippen molar-refractivity contribution in [2.45, 2.75) is 12.3 Å². The lowest BCUT2D eigenvalue weighted by molar-refractivity contribution is 0.0979. The fourth-order valence-electron chi connectivity index (χ4n) is 3.67. The zero-order valence-corrected chi connectivity index (χ0v) is 15.1. The second-order valence-corrected chi connectivity index (χ2v) is 6.44.